The molecule has 0 spiro atoms. The Balaban J connectivity index is 1.74. The third-order valence-corrected chi connectivity index (χ3v) is 5.81. The van der Waals surface area contributed by atoms with E-state index < -0.39 is 0 Å². The molecule has 0 bridgehead atoms. The lowest BCUT2D eigenvalue weighted by molar-refractivity contribution is -0.133. The Kier molecular flexibility index (Phi) is 4.34. The summed E-state index contributed by atoms with van der Waals surface area (Å²) in [4.78, 5) is 14.9. The van der Waals surface area contributed by atoms with Crippen LogP contribution in [0.5, 0.6) is 0 Å². The molecule has 4 atom stereocenters. The lowest BCUT2D eigenvalue weighted by atomic mass is 9.99. The molecule has 0 aromatic rings. The number of nitrogens with zero attached hydrogens (tertiary/aromatic N) is 1. The smallest absolute Gasteiger partial charge is 0.240 e. The summed E-state index contributed by atoms with van der Waals surface area (Å²) in [5.41, 5.74) is 0. The van der Waals surface area contributed by atoms with E-state index >= 15 is 0 Å². The van der Waals surface area contributed by atoms with Crippen LogP contribution in [0, 0.1) is 11.8 Å². The van der Waals surface area contributed by atoms with E-state index in [1.54, 1.807) is 0 Å². The topological polar surface area (TPSA) is 32.3 Å². The quantitative estimate of drug-likeness (QED) is 0.786. The van der Waals surface area contributed by atoms with Crippen LogP contribution < -0.4 is 5.32 Å². The van der Waals surface area contributed by atoms with E-state index in [2.05, 4.69) is 17.1 Å². The van der Waals surface area contributed by atoms with Crippen molar-refractivity contribution >= 4 is 5.91 Å². The predicted molar refractivity (Wildman–Crippen MR) is 81.2 cm³/mol. The SMILES string of the molecule is CC1CCCC(N2C(=O)C(C)NC2C2CCCC2)CC1. The Labute approximate surface area is 123 Å². The molecule has 0 radical (unpaired) electrons. The molecule has 3 nitrogen and oxygen atoms in total. The standard InChI is InChI=1S/C17H30N2O/c1-12-6-5-9-15(11-10-12)19-16(14-7-3-4-8-14)18-13(2)17(19)20/h12-16,18H,3-11H2,1-2H3. The van der Waals surface area contributed by atoms with Gasteiger partial charge in [-0.15, -0.1) is 0 Å². The molecule has 3 heteroatoms. The number of rotatable bonds is 2. The fourth-order valence-corrected chi connectivity index (χ4v) is 4.56. The van der Waals surface area contributed by atoms with Crippen LogP contribution in [0.15, 0.2) is 0 Å². The van der Waals surface area contributed by atoms with Crippen LogP contribution in [0.2, 0.25) is 0 Å². The van der Waals surface area contributed by atoms with Gasteiger partial charge in [0.2, 0.25) is 5.91 Å². The Hall–Kier alpha value is -0.570. The highest BCUT2D eigenvalue weighted by molar-refractivity contribution is 5.84. The Morgan fingerprint density at radius 1 is 0.950 bits per heavy atom. The van der Waals surface area contributed by atoms with Gasteiger partial charge in [-0.1, -0.05) is 32.6 Å². The molecule has 2 aliphatic carbocycles. The van der Waals surface area contributed by atoms with E-state index in [1.165, 1.54) is 57.8 Å². The Bertz CT molecular complexity index is 351. The van der Waals surface area contributed by atoms with Gasteiger partial charge in [-0.3, -0.25) is 10.1 Å². The zero-order valence-electron chi connectivity index (χ0n) is 13.1. The van der Waals surface area contributed by atoms with E-state index in [1.807, 2.05) is 6.92 Å². The molecule has 3 rings (SSSR count). The first-order chi connectivity index (χ1) is 9.66. The summed E-state index contributed by atoms with van der Waals surface area (Å²) >= 11 is 0. The van der Waals surface area contributed by atoms with Crippen LogP contribution in [0.3, 0.4) is 0 Å². The number of carbonyl (C=O) groups excluding carboxylic acids is 1. The van der Waals surface area contributed by atoms with Gasteiger partial charge >= 0.3 is 0 Å². The van der Waals surface area contributed by atoms with Crippen molar-refractivity contribution in [3.63, 3.8) is 0 Å². The second-order valence-corrected chi connectivity index (χ2v) is 7.39. The molecule has 2 saturated carbocycles. The van der Waals surface area contributed by atoms with Crippen molar-refractivity contribution in [2.24, 2.45) is 11.8 Å². The third-order valence-electron chi connectivity index (χ3n) is 5.81. The highest BCUT2D eigenvalue weighted by Gasteiger charge is 2.44. The summed E-state index contributed by atoms with van der Waals surface area (Å²) in [6, 6.07) is 0.525. The molecule has 1 aliphatic heterocycles. The second-order valence-electron chi connectivity index (χ2n) is 7.39. The van der Waals surface area contributed by atoms with Crippen LogP contribution >= 0.6 is 0 Å². The van der Waals surface area contributed by atoms with Gasteiger partial charge in [-0.05, 0) is 50.9 Å². The van der Waals surface area contributed by atoms with Gasteiger partial charge < -0.3 is 4.90 Å². The summed E-state index contributed by atoms with van der Waals surface area (Å²) in [6.45, 7) is 4.41. The van der Waals surface area contributed by atoms with Crippen LogP contribution in [0.25, 0.3) is 0 Å². The molecule has 0 aromatic carbocycles. The largest absolute Gasteiger partial charge is 0.323 e. The molecule has 20 heavy (non-hydrogen) atoms. The Morgan fingerprint density at radius 3 is 2.45 bits per heavy atom. The lowest BCUT2D eigenvalue weighted by Gasteiger charge is -2.35. The first-order valence-corrected chi connectivity index (χ1v) is 8.75. The third kappa shape index (κ3) is 2.74. The van der Waals surface area contributed by atoms with Crippen molar-refractivity contribution in [2.75, 3.05) is 0 Å². The lowest BCUT2D eigenvalue weighted by Crippen LogP contribution is -2.48. The Morgan fingerprint density at radius 2 is 1.70 bits per heavy atom. The molecule has 3 fully saturated rings. The molecule has 1 amide bonds. The molecule has 4 unspecified atom stereocenters. The minimum Gasteiger partial charge on any atom is -0.323 e. The van der Waals surface area contributed by atoms with Gasteiger partial charge in [0.1, 0.15) is 0 Å². The highest BCUT2D eigenvalue weighted by atomic mass is 16.2. The maximum atomic E-state index is 12.6. The van der Waals surface area contributed by atoms with E-state index in [0.717, 1.165) is 5.92 Å². The van der Waals surface area contributed by atoms with E-state index in [0.29, 0.717) is 24.0 Å². The van der Waals surface area contributed by atoms with E-state index in [9.17, 15) is 4.79 Å². The fourth-order valence-electron chi connectivity index (χ4n) is 4.56. The van der Waals surface area contributed by atoms with Crippen molar-refractivity contribution in [3.05, 3.63) is 0 Å². The van der Waals surface area contributed by atoms with Crippen LogP contribution in [-0.2, 0) is 4.79 Å². The maximum Gasteiger partial charge on any atom is 0.240 e. The van der Waals surface area contributed by atoms with Crippen LogP contribution in [-0.4, -0.2) is 29.1 Å². The minimum absolute atomic E-state index is 0.0290. The fraction of sp³-hybridized carbons (Fsp3) is 0.941. The first kappa shape index (κ1) is 14.4. The van der Waals surface area contributed by atoms with Gasteiger partial charge in [-0.2, -0.15) is 0 Å². The van der Waals surface area contributed by atoms with Gasteiger partial charge in [-0.25, -0.2) is 0 Å². The van der Waals surface area contributed by atoms with Crippen molar-refractivity contribution in [1.29, 1.82) is 0 Å². The number of hydrogen-bond donors (Lipinski definition) is 1. The van der Waals surface area contributed by atoms with E-state index in [4.69, 9.17) is 0 Å². The molecule has 1 saturated heterocycles. The summed E-state index contributed by atoms with van der Waals surface area (Å²) < 4.78 is 0. The number of carbonyl (C=O) groups is 1. The van der Waals surface area contributed by atoms with E-state index in [-0.39, 0.29) is 6.04 Å². The molecular formula is C17H30N2O. The zero-order valence-corrected chi connectivity index (χ0v) is 13.1. The number of amides is 1. The number of nitrogens with one attached hydrogen (secondary N) is 1. The number of hydrogen-bond acceptors (Lipinski definition) is 2. The van der Waals surface area contributed by atoms with Crippen molar-refractivity contribution in [1.82, 2.24) is 10.2 Å². The van der Waals surface area contributed by atoms with Crippen molar-refractivity contribution in [2.45, 2.75) is 89.9 Å². The van der Waals surface area contributed by atoms with Crippen LogP contribution in [0.4, 0.5) is 0 Å². The minimum atomic E-state index is 0.0290. The molecule has 3 aliphatic rings. The molecule has 114 valence electrons. The summed E-state index contributed by atoms with van der Waals surface area (Å²) in [5.74, 6) is 1.90. The zero-order chi connectivity index (χ0) is 14.1. The normalized spacial score (nSPS) is 40.3. The summed E-state index contributed by atoms with van der Waals surface area (Å²) in [5, 5.41) is 3.60. The molecule has 1 N–H and O–H groups in total. The van der Waals surface area contributed by atoms with Crippen LogP contribution in [0.1, 0.15) is 71.6 Å². The van der Waals surface area contributed by atoms with Crippen molar-refractivity contribution in [3.8, 4) is 0 Å². The van der Waals surface area contributed by atoms with Gasteiger partial charge in [0.25, 0.3) is 0 Å². The van der Waals surface area contributed by atoms with Gasteiger partial charge in [0.05, 0.1) is 12.2 Å². The monoisotopic (exact) mass is 278 g/mol. The average molecular weight is 278 g/mol. The van der Waals surface area contributed by atoms with Crippen molar-refractivity contribution < 1.29 is 4.79 Å². The molecular weight excluding hydrogens is 248 g/mol. The maximum absolute atomic E-state index is 12.6. The predicted octanol–water partition coefficient (Wildman–Crippen LogP) is 3.29. The summed E-state index contributed by atoms with van der Waals surface area (Å²) in [7, 11) is 0. The second kappa shape index (κ2) is 6.05. The van der Waals surface area contributed by atoms with Gasteiger partial charge in [0.15, 0.2) is 0 Å². The molecule has 0 aromatic heterocycles. The first-order valence-electron chi connectivity index (χ1n) is 8.75. The summed E-state index contributed by atoms with van der Waals surface area (Å²) in [6.07, 6.45) is 12.0. The van der Waals surface area contributed by atoms with Gasteiger partial charge in [0, 0.05) is 6.04 Å². The molecule has 1 heterocycles. The average Bonchev–Trinajstić information content (AvgIpc) is 2.99. The highest BCUT2D eigenvalue weighted by Crippen LogP contribution is 2.36.